The number of aromatic amines is 1. The van der Waals surface area contributed by atoms with Crippen molar-refractivity contribution in [3.8, 4) is 0 Å². The number of H-pyrrole nitrogens is 1. The number of amides is 1. The highest BCUT2D eigenvalue weighted by molar-refractivity contribution is 6.35. The summed E-state index contributed by atoms with van der Waals surface area (Å²) in [4.78, 5) is 25.7. The third-order valence-corrected chi connectivity index (χ3v) is 3.80. The number of rotatable bonds is 3. The normalized spacial score (nSPS) is 10.7. The van der Waals surface area contributed by atoms with Gasteiger partial charge in [0.05, 0.1) is 15.5 Å². The van der Waals surface area contributed by atoms with Gasteiger partial charge >= 0.3 is 0 Å². The number of fused-ring (bicyclic) bond motifs is 1. The van der Waals surface area contributed by atoms with Gasteiger partial charge < -0.3 is 10.3 Å². The third kappa shape index (κ3) is 2.99. The average Bonchev–Trinajstić information content (AvgIpc) is 2.94. The van der Waals surface area contributed by atoms with E-state index in [4.69, 9.17) is 23.2 Å². The molecule has 23 heavy (non-hydrogen) atoms. The van der Waals surface area contributed by atoms with E-state index in [-0.39, 0.29) is 22.1 Å². The van der Waals surface area contributed by atoms with Crippen LogP contribution in [-0.4, -0.2) is 15.8 Å². The Hall–Kier alpha value is -2.57. The summed E-state index contributed by atoms with van der Waals surface area (Å²) in [5, 5.41) is 15.0. The van der Waals surface area contributed by atoms with Crippen LogP contribution < -0.4 is 5.32 Å². The van der Waals surface area contributed by atoms with E-state index in [1.165, 1.54) is 18.2 Å². The average molecular weight is 350 g/mol. The molecule has 0 radical (unpaired) electrons. The molecule has 0 spiro atoms. The van der Waals surface area contributed by atoms with Gasteiger partial charge in [-0.15, -0.1) is 0 Å². The molecule has 6 nitrogen and oxygen atoms in total. The predicted octanol–water partition coefficient (Wildman–Crippen LogP) is 4.64. The van der Waals surface area contributed by atoms with Crippen LogP contribution in [0, 0.1) is 10.1 Å². The van der Waals surface area contributed by atoms with Crippen LogP contribution in [0.5, 0.6) is 0 Å². The Morgan fingerprint density at radius 2 is 1.96 bits per heavy atom. The summed E-state index contributed by atoms with van der Waals surface area (Å²) in [7, 11) is 0. The van der Waals surface area contributed by atoms with Crippen LogP contribution >= 0.6 is 23.2 Å². The largest absolute Gasteiger partial charge is 0.349 e. The van der Waals surface area contributed by atoms with E-state index >= 15 is 0 Å². The molecule has 1 amide bonds. The number of nitro groups is 1. The van der Waals surface area contributed by atoms with Crippen LogP contribution in [0.25, 0.3) is 10.9 Å². The van der Waals surface area contributed by atoms with Crippen molar-refractivity contribution < 1.29 is 9.72 Å². The maximum Gasteiger partial charge on any atom is 0.294 e. The second-order valence-electron chi connectivity index (χ2n) is 4.76. The fourth-order valence-electron chi connectivity index (χ4n) is 2.19. The number of nitro benzene ring substituents is 1. The number of anilines is 1. The molecule has 8 heteroatoms. The van der Waals surface area contributed by atoms with Crippen molar-refractivity contribution in [3.63, 3.8) is 0 Å². The molecule has 0 atom stereocenters. The number of carbonyl (C=O) groups is 1. The van der Waals surface area contributed by atoms with Crippen molar-refractivity contribution in [2.45, 2.75) is 0 Å². The number of hydrogen-bond acceptors (Lipinski definition) is 3. The lowest BCUT2D eigenvalue weighted by atomic mass is 10.2. The van der Waals surface area contributed by atoms with Crippen molar-refractivity contribution in [1.29, 1.82) is 0 Å². The molecule has 1 aromatic heterocycles. The Labute approximate surface area is 140 Å². The molecule has 0 aliphatic carbocycles. The number of nitrogens with zero attached hydrogens (tertiary/aromatic N) is 1. The Kier molecular flexibility index (Phi) is 3.94. The van der Waals surface area contributed by atoms with Crippen molar-refractivity contribution in [2.75, 3.05) is 5.32 Å². The lowest BCUT2D eigenvalue weighted by Gasteiger charge is -2.05. The highest BCUT2D eigenvalue weighted by atomic mass is 35.5. The molecule has 3 aromatic rings. The van der Waals surface area contributed by atoms with Crippen molar-refractivity contribution in [1.82, 2.24) is 4.98 Å². The van der Waals surface area contributed by atoms with Gasteiger partial charge in [0.25, 0.3) is 11.6 Å². The van der Waals surface area contributed by atoms with Gasteiger partial charge in [-0.2, -0.15) is 0 Å². The number of hydrogen-bond donors (Lipinski definition) is 2. The predicted molar refractivity (Wildman–Crippen MR) is 89.4 cm³/mol. The first kappa shape index (κ1) is 15.3. The standard InChI is InChI=1S/C15H9Cl2N3O3/c16-9-4-5-11(13(7-9)20(22)23)19-15(21)12-6-8-2-1-3-10(17)14(8)18-12/h1-7,18H,(H,19,21). The van der Waals surface area contributed by atoms with Gasteiger partial charge in [-0.1, -0.05) is 35.3 Å². The van der Waals surface area contributed by atoms with Crippen LogP contribution in [0.15, 0.2) is 42.5 Å². The molecule has 0 saturated carbocycles. The molecule has 116 valence electrons. The third-order valence-electron chi connectivity index (χ3n) is 3.25. The van der Waals surface area contributed by atoms with E-state index in [1.807, 2.05) is 0 Å². The molecule has 0 aliphatic heterocycles. The number of para-hydroxylation sites is 1. The zero-order valence-corrected chi connectivity index (χ0v) is 13.0. The Bertz CT molecular complexity index is 937. The zero-order valence-electron chi connectivity index (χ0n) is 11.5. The van der Waals surface area contributed by atoms with Crippen LogP contribution in [0.3, 0.4) is 0 Å². The topological polar surface area (TPSA) is 88.0 Å². The first-order valence-electron chi connectivity index (χ1n) is 6.48. The maximum absolute atomic E-state index is 12.3. The minimum absolute atomic E-state index is 0.0640. The second-order valence-corrected chi connectivity index (χ2v) is 5.60. The van der Waals surface area contributed by atoms with Crippen molar-refractivity contribution in [3.05, 3.63) is 68.3 Å². The van der Waals surface area contributed by atoms with Gasteiger partial charge in [0.1, 0.15) is 11.4 Å². The lowest BCUT2D eigenvalue weighted by Crippen LogP contribution is -2.13. The summed E-state index contributed by atoms with van der Waals surface area (Å²) in [5.74, 6) is -0.511. The molecule has 0 unspecified atom stereocenters. The van der Waals surface area contributed by atoms with Crippen molar-refractivity contribution >= 4 is 51.4 Å². The quantitative estimate of drug-likeness (QED) is 0.533. The maximum atomic E-state index is 12.3. The van der Waals surface area contributed by atoms with Gasteiger partial charge in [0, 0.05) is 16.5 Å². The smallest absolute Gasteiger partial charge is 0.294 e. The van der Waals surface area contributed by atoms with E-state index in [9.17, 15) is 14.9 Å². The molecule has 1 heterocycles. The summed E-state index contributed by atoms with van der Waals surface area (Å²) >= 11 is 11.8. The molecular formula is C15H9Cl2N3O3. The van der Waals surface area contributed by atoms with Gasteiger partial charge in [0.2, 0.25) is 0 Å². The Morgan fingerprint density at radius 1 is 1.17 bits per heavy atom. The second kappa shape index (κ2) is 5.91. The van der Waals surface area contributed by atoms with E-state index in [0.29, 0.717) is 10.5 Å². The van der Waals surface area contributed by atoms with Gasteiger partial charge in [-0.3, -0.25) is 14.9 Å². The first-order valence-corrected chi connectivity index (χ1v) is 7.24. The lowest BCUT2D eigenvalue weighted by molar-refractivity contribution is -0.383. The minimum Gasteiger partial charge on any atom is -0.349 e. The summed E-state index contributed by atoms with van der Waals surface area (Å²) in [6.07, 6.45) is 0. The number of nitrogens with one attached hydrogen (secondary N) is 2. The zero-order chi connectivity index (χ0) is 16.6. The number of carbonyl (C=O) groups excluding carboxylic acids is 1. The summed E-state index contributed by atoms with van der Waals surface area (Å²) in [6.45, 7) is 0. The molecule has 3 rings (SSSR count). The molecule has 2 N–H and O–H groups in total. The van der Waals surface area contributed by atoms with Gasteiger partial charge in [-0.25, -0.2) is 0 Å². The Morgan fingerprint density at radius 3 is 2.65 bits per heavy atom. The van der Waals surface area contributed by atoms with E-state index in [1.54, 1.807) is 24.3 Å². The fraction of sp³-hybridized carbons (Fsp3) is 0. The molecule has 2 aromatic carbocycles. The van der Waals surface area contributed by atoms with Gasteiger partial charge in [-0.05, 0) is 24.3 Å². The summed E-state index contributed by atoms with van der Waals surface area (Å²) in [5.41, 5.74) is 0.663. The number of aromatic nitrogens is 1. The SMILES string of the molecule is O=C(Nc1ccc(Cl)cc1[N+](=O)[O-])c1cc2cccc(Cl)c2[nH]1. The van der Waals surface area contributed by atoms with E-state index in [2.05, 4.69) is 10.3 Å². The van der Waals surface area contributed by atoms with Crippen LogP contribution in [-0.2, 0) is 0 Å². The molecule has 0 fully saturated rings. The molecule has 0 saturated heterocycles. The van der Waals surface area contributed by atoms with Gasteiger partial charge in [0.15, 0.2) is 0 Å². The van der Waals surface area contributed by atoms with Crippen LogP contribution in [0.1, 0.15) is 10.5 Å². The molecular weight excluding hydrogens is 341 g/mol. The monoisotopic (exact) mass is 349 g/mol. The fourth-order valence-corrected chi connectivity index (χ4v) is 2.59. The Balaban J connectivity index is 1.95. The highest BCUT2D eigenvalue weighted by Crippen LogP contribution is 2.29. The molecule has 0 aliphatic rings. The minimum atomic E-state index is -0.608. The first-order chi connectivity index (χ1) is 11.0. The summed E-state index contributed by atoms with van der Waals surface area (Å²) in [6, 6.07) is 10.9. The highest BCUT2D eigenvalue weighted by Gasteiger charge is 2.18. The number of benzene rings is 2. The summed E-state index contributed by atoms with van der Waals surface area (Å²) < 4.78 is 0. The van der Waals surface area contributed by atoms with Crippen LogP contribution in [0.2, 0.25) is 10.0 Å². The van der Waals surface area contributed by atoms with Crippen LogP contribution in [0.4, 0.5) is 11.4 Å². The number of halogens is 2. The van der Waals surface area contributed by atoms with Crippen molar-refractivity contribution in [2.24, 2.45) is 0 Å². The van der Waals surface area contributed by atoms with E-state index in [0.717, 1.165) is 5.39 Å². The van der Waals surface area contributed by atoms with E-state index < -0.39 is 10.8 Å². The molecule has 0 bridgehead atoms.